The zero-order valence-electron chi connectivity index (χ0n) is 8.59. The number of fused-ring (bicyclic) bond motifs is 1. The highest BCUT2D eigenvalue weighted by atomic mass is 15.4. The molecule has 1 atom stereocenters. The fraction of sp³-hybridized carbons (Fsp3) is 0.400. The second-order valence-electron chi connectivity index (χ2n) is 3.93. The summed E-state index contributed by atoms with van der Waals surface area (Å²) in [6, 6.07) is 2.34. The minimum atomic E-state index is 0.295. The Kier molecular flexibility index (Phi) is 1.62. The molecule has 0 saturated carbocycles. The van der Waals surface area contributed by atoms with Crippen molar-refractivity contribution < 1.29 is 0 Å². The molecule has 2 aromatic heterocycles. The Balaban J connectivity index is 2.03. The van der Waals surface area contributed by atoms with Gasteiger partial charge in [-0.1, -0.05) is 0 Å². The first kappa shape index (κ1) is 8.52. The quantitative estimate of drug-likeness (QED) is 0.751. The Bertz CT molecular complexity index is 476. The van der Waals surface area contributed by atoms with Gasteiger partial charge in [0.1, 0.15) is 0 Å². The van der Waals surface area contributed by atoms with Gasteiger partial charge in [0, 0.05) is 18.9 Å². The minimum absolute atomic E-state index is 0.295. The number of hydrogen-bond acceptors (Lipinski definition) is 3. The van der Waals surface area contributed by atoms with E-state index in [0.29, 0.717) is 6.04 Å². The Labute approximate surface area is 87.5 Å². The molecule has 3 heterocycles. The molecule has 2 aromatic rings. The van der Waals surface area contributed by atoms with Crippen molar-refractivity contribution in [2.75, 3.05) is 5.73 Å². The number of rotatable bonds is 1. The smallest absolute Gasteiger partial charge is 0.0954 e. The van der Waals surface area contributed by atoms with E-state index in [1.165, 1.54) is 5.69 Å². The number of hydrogen-bond donors (Lipinski definition) is 1. The van der Waals surface area contributed by atoms with Crippen LogP contribution in [0.3, 0.4) is 0 Å². The monoisotopic (exact) mass is 203 g/mol. The second-order valence-corrected chi connectivity index (χ2v) is 3.93. The molecule has 0 bridgehead atoms. The van der Waals surface area contributed by atoms with Crippen molar-refractivity contribution in [3.63, 3.8) is 0 Å². The summed E-state index contributed by atoms with van der Waals surface area (Å²) in [6.45, 7) is 2.89. The van der Waals surface area contributed by atoms with Crippen LogP contribution in [0, 0.1) is 6.92 Å². The third-order valence-corrected chi connectivity index (χ3v) is 2.98. The Morgan fingerprint density at radius 1 is 1.53 bits per heavy atom. The Morgan fingerprint density at radius 3 is 3.13 bits per heavy atom. The minimum Gasteiger partial charge on any atom is -0.396 e. The number of nitrogens with zero attached hydrogens (tertiary/aromatic N) is 4. The lowest BCUT2D eigenvalue weighted by atomic mass is 10.2. The van der Waals surface area contributed by atoms with Gasteiger partial charge in [-0.3, -0.25) is 9.36 Å². The van der Waals surface area contributed by atoms with Crippen molar-refractivity contribution in [3.05, 3.63) is 29.8 Å². The first-order valence-electron chi connectivity index (χ1n) is 5.08. The number of nitrogens with two attached hydrogens (primary N) is 1. The van der Waals surface area contributed by atoms with Gasteiger partial charge in [-0.2, -0.15) is 10.2 Å². The van der Waals surface area contributed by atoms with Crippen LogP contribution in [0.2, 0.25) is 0 Å². The number of nitrogen functional groups attached to an aromatic ring is 1. The van der Waals surface area contributed by atoms with Gasteiger partial charge in [0.25, 0.3) is 0 Å². The number of aromatic nitrogens is 4. The van der Waals surface area contributed by atoms with E-state index in [2.05, 4.69) is 10.2 Å². The van der Waals surface area contributed by atoms with Crippen LogP contribution in [-0.4, -0.2) is 19.6 Å². The molecule has 0 radical (unpaired) electrons. The van der Waals surface area contributed by atoms with Crippen molar-refractivity contribution >= 4 is 5.69 Å². The summed E-state index contributed by atoms with van der Waals surface area (Å²) in [5.41, 5.74) is 8.67. The molecule has 1 aliphatic heterocycles. The van der Waals surface area contributed by atoms with E-state index in [9.17, 15) is 0 Å². The molecule has 2 N–H and O–H groups in total. The van der Waals surface area contributed by atoms with E-state index in [0.717, 1.165) is 24.3 Å². The Morgan fingerprint density at radius 2 is 2.40 bits per heavy atom. The number of aryl methyl sites for hydroxylation is 2. The summed E-state index contributed by atoms with van der Waals surface area (Å²) in [4.78, 5) is 0. The summed E-state index contributed by atoms with van der Waals surface area (Å²) in [5, 5.41) is 8.67. The summed E-state index contributed by atoms with van der Waals surface area (Å²) in [5.74, 6) is 0. The van der Waals surface area contributed by atoms with Gasteiger partial charge in [-0.15, -0.1) is 0 Å². The maximum Gasteiger partial charge on any atom is 0.0954 e. The van der Waals surface area contributed by atoms with E-state index < -0.39 is 0 Å². The van der Waals surface area contributed by atoms with E-state index in [1.807, 2.05) is 34.7 Å². The average Bonchev–Trinajstić information content (AvgIpc) is 2.81. The van der Waals surface area contributed by atoms with Crippen LogP contribution >= 0.6 is 0 Å². The van der Waals surface area contributed by atoms with Crippen molar-refractivity contribution in [1.29, 1.82) is 0 Å². The predicted octanol–water partition coefficient (Wildman–Crippen LogP) is 0.963. The van der Waals surface area contributed by atoms with E-state index in [-0.39, 0.29) is 0 Å². The van der Waals surface area contributed by atoms with E-state index in [4.69, 9.17) is 5.73 Å². The fourth-order valence-electron chi connectivity index (χ4n) is 2.13. The molecule has 78 valence electrons. The molecule has 15 heavy (non-hydrogen) atoms. The van der Waals surface area contributed by atoms with Crippen LogP contribution in [0.1, 0.15) is 23.9 Å². The molecule has 0 fully saturated rings. The SMILES string of the molecule is Cc1nn(C2CCn3nccc32)cc1N. The van der Waals surface area contributed by atoms with Crippen LogP contribution in [0.5, 0.6) is 0 Å². The lowest BCUT2D eigenvalue weighted by molar-refractivity contribution is 0.514. The van der Waals surface area contributed by atoms with Crippen LogP contribution in [0.15, 0.2) is 18.5 Å². The van der Waals surface area contributed by atoms with Crippen molar-refractivity contribution in [2.45, 2.75) is 25.9 Å². The zero-order chi connectivity index (χ0) is 10.4. The standard InChI is InChI=1S/C10H13N5/c1-7-8(11)6-15(13-7)10-3-5-14-9(10)2-4-12-14/h2,4,6,10H,3,5,11H2,1H3. The summed E-state index contributed by atoms with van der Waals surface area (Å²) < 4.78 is 3.98. The van der Waals surface area contributed by atoms with Gasteiger partial charge in [0.15, 0.2) is 0 Å². The van der Waals surface area contributed by atoms with Crippen molar-refractivity contribution in [3.8, 4) is 0 Å². The third kappa shape index (κ3) is 1.16. The maximum atomic E-state index is 5.80. The molecule has 5 nitrogen and oxygen atoms in total. The molecule has 3 rings (SSSR count). The van der Waals surface area contributed by atoms with Crippen molar-refractivity contribution in [2.24, 2.45) is 0 Å². The first-order valence-corrected chi connectivity index (χ1v) is 5.08. The molecular weight excluding hydrogens is 190 g/mol. The molecule has 1 aliphatic rings. The summed E-state index contributed by atoms with van der Waals surface area (Å²) in [6.07, 6.45) is 4.79. The highest BCUT2D eigenvalue weighted by molar-refractivity contribution is 5.39. The van der Waals surface area contributed by atoms with Crippen LogP contribution in [0.25, 0.3) is 0 Å². The van der Waals surface area contributed by atoms with E-state index in [1.54, 1.807) is 0 Å². The topological polar surface area (TPSA) is 61.7 Å². The lowest BCUT2D eigenvalue weighted by Gasteiger charge is -2.08. The summed E-state index contributed by atoms with van der Waals surface area (Å²) in [7, 11) is 0. The largest absolute Gasteiger partial charge is 0.396 e. The van der Waals surface area contributed by atoms with Gasteiger partial charge >= 0.3 is 0 Å². The highest BCUT2D eigenvalue weighted by Gasteiger charge is 2.25. The van der Waals surface area contributed by atoms with Crippen LogP contribution < -0.4 is 5.73 Å². The summed E-state index contributed by atoms with van der Waals surface area (Å²) >= 11 is 0. The predicted molar refractivity (Wildman–Crippen MR) is 56.4 cm³/mol. The fourth-order valence-corrected chi connectivity index (χ4v) is 2.13. The van der Waals surface area contributed by atoms with E-state index >= 15 is 0 Å². The van der Waals surface area contributed by atoms with Gasteiger partial charge in [-0.05, 0) is 19.4 Å². The van der Waals surface area contributed by atoms with Crippen LogP contribution in [-0.2, 0) is 6.54 Å². The van der Waals surface area contributed by atoms with Gasteiger partial charge in [-0.25, -0.2) is 0 Å². The van der Waals surface area contributed by atoms with Gasteiger partial charge < -0.3 is 5.73 Å². The third-order valence-electron chi connectivity index (χ3n) is 2.98. The lowest BCUT2D eigenvalue weighted by Crippen LogP contribution is -2.08. The number of anilines is 1. The van der Waals surface area contributed by atoms with Gasteiger partial charge in [0.2, 0.25) is 0 Å². The average molecular weight is 203 g/mol. The molecule has 5 heteroatoms. The maximum absolute atomic E-state index is 5.80. The normalized spacial score (nSPS) is 19.4. The molecule has 0 aromatic carbocycles. The van der Waals surface area contributed by atoms with Crippen LogP contribution in [0.4, 0.5) is 5.69 Å². The Hall–Kier alpha value is -1.78. The highest BCUT2D eigenvalue weighted by Crippen LogP contribution is 2.29. The first-order chi connectivity index (χ1) is 7.25. The van der Waals surface area contributed by atoms with Crippen molar-refractivity contribution in [1.82, 2.24) is 19.6 Å². The zero-order valence-corrected chi connectivity index (χ0v) is 8.59. The second kappa shape index (κ2) is 2.85. The molecular formula is C10H13N5. The molecule has 0 amide bonds. The molecule has 0 saturated heterocycles. The molecule has 1 unspecified atom stereocenters. The van der Waals surface area contributed by atoms with Gasteiger partial charge in [0.05, 0.1) is 23.1 Å². The molecule has 0 aliphatic carbocycles. The molecule has 0 spiro atoms.